The van der Waals surface area contributed by atoms with Gasteiger partial charge in [-0.2, -0.15) is 0 Å². The van der Waals surface area contributed by atoms with Crippen LogP contribution in [0.25, 0.3) is 0 Å². The maximum Gasteiger partial charge on any atom is 0.341 e. The predicted molar refractivity (Wildman–Crippen MR) is 124 cm³/mol. The number of aryl methyl sites for hydroxylation is 1. The monoisotopic (exact) mass is 462 g/mol. The lowest BCUT2D eigenvalue weighted by atomic mass is 10.1. The van der Waals surface area contributed by atoms with Crippen molar-refractivity contribution in [2.24, 2.45) is 0 Å². The zero-order valence-corrected chi connectivity index (χ0v) is 19.2. The molecule has 0 aliphatic heterocycles. The standard InChI is InChI=1S/C22H26N2O5S2/c1-3-27-12-13-29-15-10-8-14(9-11-15)19(25)23-22(30)24-20-18(21(26)28-4-2)16-6-5-7-17(16)31-20/h8-11H,3-7,12-13H2,1-2H3,(H2,23,24,25,30). The summed E-state index contributed by atoms with van der Waals surface area (Å²) in [6, 6.07) is 6.77. The van der Waals surface area contributed by atoms with Crippen LogP contribution in [0, 0.1) is 0 Å². The number of carbonyl (C=O) groups excluding carboxylic acids is 2. The highest BCUT2D eigenvalue weighted by molar-refractivity contribution is 7.80. The van der Waals surface area contributed by atoms with Gasteiger partial charge >= 0.3 is 5.97 Å². The third-order valence-corrected chi connectivity index (χ3v) is 6.08. The van der Waals surface area contributed by atoms with Gasteiger partial charge < -0.3 is 19.5 Å². The number of hydrogen-bond acceptors (Lipinski definition) is 7. The van der Waals surface area contributed by atoms with Crippen LogP contribution in [0.15, 0.2) is 24.3 Å². The van der Waals surface area contributed by atoms with Crippen LogP contribution in [0.1, 0.15) is 51.4 Å². The Bertz CT molecular complexity index is 940. The molecule has 1 aromatic heterocycles. The van der Waals surface area contributed by atoms with Gasteiger partial charge in [-0.3, -0.25) is 10.1 Å². The van der Waals surface area contributed by atoms with Crippen LogP contribution in [0.2, 0.25) is 0 Å². The fourth-order valence-electron chi connectivity index (χ4n) is 3.29. The molecule has 0 saturated carbocycles. The third-order valence-electron chi connectivity index (χ3n) is 4.67. The zero-order chi connectivity index (χ0) is 22.2. The number of anilines is 1. The van der Waals surface area contributed by atoms with Crippen molar-refractivity contribution >= 4 is 45.5 Å². The highest BCUT2D eigenvalue weighted by Crippen LogP contribution is 2.39. The summed E-state index contributed by atoms with van der Waals surface area (Å²) < 4.78 is 16.0. The summed E-state index contributed by atoms with van der Waals surface area (Å²) >= 11 is 6.80. The van der Waals surface area contributed by atoms with Gasteiger partial charge in [0, 0.05) is 17.0 Å². The molecule has 2 N–H and O–H groups in total. The number of amides is 1. The summed E-state index contributed by atoms with van der Waals surface area (Å²) in [7, 11) is 0. The highest BCUT2D eigenvalue weighted by Gasteiger charge is 2.28. The van der Waals surface area contributed by atoms with E-state index in [1.54, 1.807) is 31.2 Å². The molecule has 166 valence electrons. The number of esters is 1. The number of thiophene rings is 1. The fourth-order valence-corrected chi connectivity index (χ4v) is 4.83. The molecule has 1 amide bonds. The minimum atomic E-state index is -0.363. The van der Waals surface area contributed by atoms with Crippen LogP contribution < -0.4 is 15.4 Å². The van der Waals surface area contributed by atoms with Gasteiger partial charge in [0.2, 0.25) is 0 Å². The second kappa shape index (κ2) is 11.2. The van der Waals surface area contributed by atoms with E-state index < -0.39 is 0 Å². The SMILES string of the molecule is CCOCCOc1ccc(C(=O)NC(=S)Nc2sc3c(c2C(=O)OCC)CCC3)cc1. The van der Waals surface area contributed by atoms with Crippen molar-refractivity contribution in [1.29, 1.82) is 0 Å². The number of benzene rings is 1. The molecule has 0 atom stereocenters. The molecular weight excluding hydrogens is 436 g/mol. The first kappa shape index (κ1) is 23.2. The molecule has 0 radical (unpaired) electrons. The van der Waals surface area contributed by atoms with Crippen molar-refractivity contribution in [3.63, 3.8) is 0 Å². The van der Waals surface area contributed by atoms with Gasteiger partial charge in [0.05, 0.1) is 18.8 Å². The molecule has 2 aromatic rings. The van der Waals surface area contributed by atoms with E-state index in [4.69, 9.17) is 26.4 Å². The van der Waals surface area contributed by atoms with Gasteiger partial charge in [-0.05, 0) is 75.2 Å². The Labute approximate surface area is 191 Å². The second-order valence-corrected chi connectivity index (χ2v) is 8.27. The van der Waals surface area contributed by atoms with E-state index in [-0.39, 0.29) is 17.0 Å². The lowest BCUT2D eigenvalue weighted by molar-refractivity contribution is 0.0527. The number of thiocarbonyl (C=S) groups is 1. The van der Waals surface area contributed by atoms with Gasteiger partial charge in [0.1, 0.15) is 17.4 Å². The number of carbonyl (C=O) groups is 2. The summed E-state index contributed by atoms with van der Waals surface area (Å²) in [5.74, 6) is -0.0530. The Kier molecular flexibility index (Phi) is 8.39. The quantitative estimate of drug-likeness (QED) is 0.331. The first-order chi connectivity index (χ1) is 15.0. The average molecular weight is 463 g/mol. The van der Waals surface area contributed by atoms with E-state index in [1.807, 2.05) is 6.92 Å². The molecule has 0 spiro atoms. The zero-order valence-electron chi connectivity index (χ0n) is 17.6. The minimum Gasteiger partial charge on any atom is -0.491 e. The Balaban J connectivity index is 1.60. The molecular formula is C22H26N2O5S2. The van der Waals surface area contributed by atoms with Crippen LogP contribution in [0.3, 0.4) is 0 Å². The molecule has 1 heterocycles. The Morgan fingerprint density at radius 2 is 1.87 bits per heavy atom. The van der Waals surface area contributed by atoms with Gasteiger partial charge in [-0.15, -0.1) is 11.3 Å². The van der Waals surface area contributed by atoms with E-state index in [2.05, 4.69) is 10.6 Å². The first-order valence-corrected chi connectivity index (χ1v) is 11.5. The van der Waals surface area contributed by atoms with Crippen molar-refractivity contribution in [1.82, 2.24) is 5.32 Å². The number of ether oxygens (including phenoxy) is 3. The Morgan fingerprint density at radius 1 is 1.10 bits per heavy atom. The van der Waals surface area contributed by atoms with Gasteiger partial charge in [-0.1, -0.05) is 0 Å². The smallest absolute Gasteiger partial charge is 0.341 e. The number of rotatable bonds is 9. The maximum atomic E-state index is 12.5. The summed E-state index contributed by atoms with van der Waals surface area (Å²) in [4.78, 5) is 26.1. The normalized spacial score (nSPS) is 12.2. The molecule has 1 aromatic carbocycles. The molecule has 7 nitrogen and oxygen atoms in total. The topological polar surface area (TPSA) is 85.9 Å². The average Bonchev–Trinajstić information content (AvgIpc) is 3.32. The predicted octanol–water partition coefficient (Wildman–Crippen LogP) is 3.96. The summed E-state index contributed by atoms with van der Waals surface area (Å²) in [6.45, 7) is 5.61. The molecule has 1 aliphatic rings. The van der Waals surface area contributed by atoms with Crippen LogP contribution in [-0.4, -0.2) is 43.4 Å². The minimum absolute atomic E-state index is 0.132. The third kappa shape index (κ3) is 6.03. The molecule has 0 bridgehead atoms. The van der Waals surface area contributed by atoms with Crippen molar-refractivity contribution in [2.75, 3.05) is 31.7 Å². The van der Waals surface area contributed by atoms with Gasteiger partial charge in [0.15, 0.2) is 5.11 Å². The van der Waals surface area contributed by atoms with Crippen LogP contribution >= 0.6 is 23.6 Å². The molecule has 3 rings (SSSR count). The van der Waals surface area contributed by atoms with Crippen molar-refractivity contribution < 1.29 is 23.8 Å². The van der Waals surface area contributed by atoms with Crippen LogP contribution in [-0.2, 0) is 22.3 Å². The molecule has 0 fully saturated rings. The van der Waals surface area contributed by atoms with Crippen LogP contribution in [0.4, 0.5) is 5.00 Å². The van der Waals surface area contributed by atoms with E-state index in [9.17, 15) is 9.59 Å². The lowest BCUT2D eigenvalue weighted by Gasteiger charge is -2.11. The molecule has 9 heteroatoms. The van der Waals surface area contributed by atoms with E-state index >= 15 is 0 Å². The maximum absolute atomic E-state index is 12.5. The second-order valence-electron chi connectivity index (χ2n) is 6.76. The number of nitrogens with one attached hydrogen (secondary N) is 2. The molecule has 0 saturated heterocycles. The molecule has 31 heavy (non-hydrogen) atoms. The van der Waals surface area contributed by atoms with E-state index in [0.29, 0.717) is 48.3 Å². The van der Waals surface area contributed by atoms with Crippen molar-refractivity contribution in [3.05, 3.63) is 45.8 Å². The number of fused-ring (bicyclic) bond motifs is 1. The first-order valence-electron chi connectivity index (χ1n) is 10.3. The Hall–Kier alpha value is -2.49. The summed E-state index contributed by atoms with van der Waals surface area (Å²) in [5, 5.41) is 6.42. The van der Waals surface area contributed by atoms with E-state index in [1.165, 1.54) is 16.2 Å². The van der Waals surface area contributed by atoms with E-state index in [0.717, 1.165) is 24.8 Å². The van der Waals surface area contributed by atoms with Gasteiger partial charge in [-0.25, -0.2) is 4.79 Å². The van der Waals surface area contributed by atoms with Gasteiger partial charge in [0.25, 0.3) is 5.91 Å². The highest BCUT2D eigenvalue weighted by atomic mass is 32.1. The molecule has 1 aliphatic carbocycles. The van der Waals surface area contributed by atoms with Crippen LogP contribution in [0.5, 0.6) is 5.75 Å². The summed E-state index contributed by atoms with van der Waals surface area (Å²) in [6.07, 6.45) is 2.81. The fraction of sp³-hybridized carbons (Fsp3) is 0.409. The lowest BCUT2D eigenvalue weighted by Crippen LogP contribution is -2.34. The summed E-state index contributed by atoms with van der Waals surface area (Å²) in [5.41, 5.74) is 2.00. The number of hydrogen-bond donors (Lipinski definition) is 2. The molecule has 0 unspecified atom stereocenters. The largest absolute Gasteiger partial charge is 0.491 e. The Morgan fingerprint density at radius 3 is 2.58 bits per heavy atom. The van der Waals surface area contributed by atoms with Crippen molar-refractivity contribution in [3.8, 4) is 5.75 Å². The van der Waals surface area contributed by atoms with Crippen molar-refractivity contribution in [2.45, 2.75) is 33.1 Å².